The molecule has 0 bridgehead atoms. The number of aliphatic hydroxyl groups is 1. The fourth-order valence-corrected chi connectivity index (χ4v) is 1.79. The Kier molecular flexibility index (Phi) is 3.57. The van der Waals surface area contributed by atoms with Crippen molar-refractivity contribution >= 4 is 17.6 Å². The number of rotatable bonds is 2. The number of hydrogen-bond donors (Lipinski definition) is 5. The summed E-state index contributed by atoms with van der Waals surface area (Å²) in [6.07, 6.45) is -0.523. The lowest BCUT2D eigenvalue weighted by molar-refractivity contribution is 0.0695. The third-order valence-electron chi connectivity index (χ3n) is 2.84. The van der Waals surface area contributed by atoms with E-state index in [0.717, 1.165) is 0 Å². The molecule has 1 unspecified atom stereocenters. The van der Waals surface area contributed by atoms with Crippen LogP contribution in [0, 0.1) is 6.92 Å². The predicted octanol–water partition coefficient (Wildman–Crippen LogP) is 0.131. The minimum Gasteiger partial charge on any atom is -0.508 e. The number of aliphatic hydroxyl groups excluding tert-OH is 1. The number of aliphatic imine (C=N–C) groups is 1. The smallest absolute Gasteiger partial charge is 0.336 e. The highest BCUT2D eigenvalue weighted by atomic mass is 16.4. The molecular weight excluding hydrogens is 250 g/mol. The van der Waals surface area contributed by atoms with Crippen molar-refractivity contribution in [1.82, 2.24) is 5.32 Å². The maximum absolute atomic E-state index is 11.0. The van der Waals surface area contributed by atoms with Crippen LogP contribution in [-0.2, 0) is 0 Å². The number of anilines is 1. The molecule has 1 aliphatic rings. The van der Waals surface area contributed by atoms with Gasteiger partial charge in [-0.1, -0.05) is 0 Å². The number of carboxylic acid groups (broad SMARTS) is 1. The Morgan fingerprint density at radius 3 is 2.84 bits per heavy atom. The van der Waals surface area contributed by atoms with Crippen LogP contribution in [0.1, 0.15) is 15.9 Å². The Bertz CT molecular complexity index is 542. The summed E-state index contributed by atoms with van der Waals surface area (Å²) in [5.41, 5.74) is 0.986. The van der Waals surface area contributed by atoms with E-state index < -0.39 is 12.1 Å². The molecule has 1 aliphatic heterocycles. The zero-order valence-electron chi connectivity index (χ0n) is 10.3. The average Bonchev–Trinajstić information content (AvgIpc) is 2.35. The molecule has 0 saturated heterocycles. The first-order valence-electron chi connectivity index (χ1n) is 5.77. The van der Waals surface area contributed by atoms with E-state index in [1.165, 1.54) is 12.1 Å². The highest BCUT2D eigenvalue weighted by molar-refractivity contribution is 5.98. The number of nitrogens with one attached hydrogen (secondary N) is 2. The maximum atomic E-state index is 11.0. The lowest BCUT2D eigenvalue weighted by atomic mass is 10.1. The Morgan fingerprint density at radius 2 is 2.26 bits per heavy atom. The quantitative estimate of drug-likeness (QED) is 0.519. The summed E-state index contributed by atoms with van der Waals surface area (Å²) in [6, 6.07) is 2.62. The van der Waals surface area contributed by atoms with Crippen molar-refractivity contribution in [3.05, 3.63) is 23.3 Å². The van der Waals surface area contributed by atoms with Gasteiger partial charge in [-0.15, -0.1) is 0 Å². The van der Waals surface area contributed by atoms with Crippen molar-refractivity contribution in [2.45, 2.75) is 13.0 Å². The summed E-state index contributed by atoms with van der Waals surface area (Å²) >= 11 is 0. The van der Waals surface area contributed by atoms with E-state index in [9.17, 15) is 15.0 Å². The van der Waals surface area contributed by atoms with Gasteiger partial charge in [0.1, 0.15) is 5.75 Å². The van der Waals surface area contributed by atoms with E-state index in [1.807, 2.05) is 0 Å². The van der Waals surface area contributed by atoms with Crippen LogP contribution >= 0.6 is 0 Å². The zero-order valence-corrected chi connectivity index (χ0v) is 10.3. The van der Waals surface area contributed by atoms with Gasteiger partial charge in [-0.25, -0.2) is 4.79 Å². The molecule has 1 aromatic rings. The van der Waals surface area contributed by atoms with E-state index in [2.05, 4.69) is 15.6 Å². The van der Waals surface area contributed by atoms with Gasteiger partial charge in [0.15, 0.2) is 5.96 Å². The molecule has 1 aromatic carbocycles. The number of β-amino-alcohol motifs (C(OH)–C–C–N with tert-alkyl or cyclic N) is 1. The van der Waals surface area contributed by atoms with Gasteiger partial charge < -0.3 is 26.0 Å². The second kappa shape index (κ2) is 5.15. The van der Waals surface area contributed by atoms with Crippen molar-refractivity contribution in [2.75, 3.05) is 18.4 Å². The summed E-state index contributed by atoms with van der Waals surface area (Å²) in [5.74, 6) is -0.803. The maximum Gasteiger partial charge on any atom is 0.336 e. The number of aromatic hydroxyl groups is 1. The summed E-state index contributed by atoms with van der Waals surface area (Å²) in [6.45, 7) is 2.29. The first-order chi connectivity index (χ1) is 8.97. The molecule has 1 heterocycles. The van der Waals surface area contributed by atoms with Crippen molar-refractivity contribution in [1.29, 1.82) is 0 Å². The van der Waals surface area contributed by atoms with Gasteiger partial charge in [0.25, 0.3) is 0 Å². The van der Waals surface area contributed by atoms with Gasteiger partial charge in [-0.3, -0.25) is 4.99 Å². The lowest BCUT2D eigenvalue weighted by Crippen LogP contribution is -2.42. The topological polar surface area (TPSA) is 114 Å². The molecular formula is C12H15N3O4. The summed E-state index contributed by atoms with van der Waals surface area (Å²) in [4.78, 5) is 15.1. The molecule has 7 heteroatoms. The van der Waals surface area contributed by atoms with Gasteiger partial charge in [0.2, 0.25) is 0 Å². The molecule has 0 spiro atoms. The first-order valence-corrected chi connectivity index (χ1v) is 5.77. The highest BCUT2D eigenvalue weighted by Gasteiger charge is 2.16. The molecule has 19 heavy (non-hydrogen) atoms. The van der Waals surface area contributed by atoms with Crippen molar-refractivity contribution < 1.29 is 20.1 Å². The normalized spacial score (nSPS) is 18.4. The SMILES string of the molecule is Cc1c(NC2=NCC(O)CN2)cc(O)cc1C(=O)O. The Labute approximate surface area is 109 Å². The molecule has 0 radical (unpaired) electrons. The van der Waals surface area contributed by atoms with Crippen LogP contribution in [0.15, 0.2) is 17.1 Å². The number of guanidine groups is 1. The van der Waals surface area contributed by atoms with Crippen LogP contribution in [0.3, 0.4) is 0 Å². The fourth-order valence-electron chi connectivity index (χ4n) is 1.79. The van der Waals surface area contributed by atoms with E-state index in [1.54, 1.807) is 6.92 Å². The van der Waals surface area contributed by atoms with Crippen LogP contribution in [0.5, 0.6) is 5.75 Å². The summed E-state index contributed by atoms with van der Waals surface area (Å²) in [5, 5.41) is 33.6. The molecule has 5 N–H and O–H groups in total. The summed E-state index contributed by atoms with van der Waals surface area (Å²) < 4.78 is 0. The van der Waals surface area contributed by atoms with Crippen molar-refractivity contribution in [3.63, 3.8) is 0 Å². The number of aromatic carboxylic acids is 1. The predicted molar refractivity (Wildman–Crippen MR) is 69.7 cm³/mol. The fraction of sp³-hybridized carbons (Fsp3) is 0.333. The molecule has 102 valence electrons. The van der Waals surface area contributed by atoms with Crippen molar-refractivity contribution in [2.24, 2.45) is 4.99 Å². The highest BCUT2D eigenvalue weighted by Crippen LogP contribution is 2.25. The van der Waals surface area contributed by atoms with Crippen LogP contribution in [0.4, 0.5) is 5.69 Å². The number of phenolic OH excluding ortho intramolecular Hbond substituents is 1. The minimum atomic E-state index is -1.11. The molecule has 1 atom stereocenters. The van der Waals surface area contributed by atoms with Crippen molar-refractivity contribution in [3.8, 4) is 5.75 Å². The number of nitrogens with zero attached hydrogens (tertiary/aromatic N) is 1. The van der Waals surface area contributed by atoms with Crippen LogP contribution < -0.4 is 10.6 Å². The first kappa shape index (κ1) is 13.2. The molecule has 7 nitrogen and oxygen atoms in total. The Hall–Kier alpha value is -2.28. The standard InChI is InChI=1S/C12H15N3O4/c1-6-9(11(18)19)2-7(16)3-10(6)15-12-13-4-8(17)5-14-12/h2-3,8,16-17H,4-5H2,1H3,(H,18,19)(H2,13,14,15). The number of phenols is 1. The average molecular weight is 265 g/mol. The van der Waals surface area contributed by atoms with E-state index in [4.69, 9.17) is 5.11 Å². The van der Waals surface area contributed by atoms with E-state index in [-0.39, 0.29) is 17.9 Å². The minimum absolute atomic E-state index is 0.0268. The Balaban J connectivity index is 2.28. The molecule has 2 rings (SSSR count). The monoisotopic (exact) mass is 265 g/mol. The third-order valence-corrected chi connectivity index (χ3v) is 2.84. The molecule has 0 fully saturated rings. The Morgan fingerprint density at radius 1 is 1.53 bits per heavy atom. The van der Waals surface area contributed by atoms with E-state index in [0.29, 0.717) is 23.8 Å². The van der Waals surface area contributed by atoms with Gasteiger partial charge in [-0.05, 0) is 18.6 Å². The number of carbonyl (C=O) groups is 1. The van der Waals surface area contributed by atoms with Gasteiger partial charge in [-0.2, -0.15) is 0 Å². The number of hydrogen-bond acceptors (Lipinski definition) is 6. The molecule has 0 saturated carbocycles. The number of benzene rings is 1. The molecule has 0 amide bonds. The largest absolute Gasteiger partial charge is 0.508 e. The second-order valence-electron chi connectivity index (χ2n) is 4.32. The third kappa shape index (κ3) is 2.94. The second-order valence-corrected chi connectivity index (χ2v) is 4.32. The van der Waals surface area contributed by atoms with Gasteiger partial charge in [0, 0.05) is 18.3 Å². The van der Waals surface area contributed by atoms with Gasteiger partial charge in [0.05, 0.1) is 18.2 Å². The van der Waals surface area contributed by atoms with Gasteiger partial charge >= 0.3 is 5.97 Å². The van der Waals surface area contributed by atoms with Crippen LogP contribution in [0.2, 0.25) is 0 Å². The van der Waals surface area contributed by atoms with Crippen LogP contribution in [0.25, 0.3) is 0 Å². The van der Waals surface area contributed by atoms with E-state index >= 15 is 0 Å². The summed E-state index contributed by atoms with van der Waals surface area (Å²) in [7, 11) is 0. The lowest BCUT2D eigenvalue weighted by Gasteiger charge is -2.21. The molecule has 0 aliphatic carbocycles. The number of carboxylic acids is 1. The van der Waals surface area contributed by atoms with Crippen LogP contribution in [-0.4, -0.2) is 46.4 Å². The molecule has 0 aromatic heterocycles. The zero-order chi connectivity index (χ0) is 14.0.